The van der Waals surface area contributed by atoms with Gasteiger partial charge in [0.25, 0.3) is 0 Å². The van der Waals surface area contributed by atoms with Gasteiger partial charge in [-0.2, -0.15) is 5.10 Å². The molecular formula is C7H8N4O. The number of aldehydes is 1. The van der Waals surface area contributed by atoms with E-state index in [1.54, 1.807) is 5.01 Å². The van der Waals surface area contributed by atoms with Gasteiger partial charge in [-0.15, -0.1) is 0 Å². The lowest BCUT2D eigenvalue weighted by atomic mass is 10.3. The summed E-state index contributed by atoms with van der Waals surface area (Å²) in [5, 5.41) is 5.53. The molecule has 5 heteroatoms. The second-order valence-corrected chi connectivity index (χ2v) is 2.62. The molecule has 0 saturated carbocycles. The van der Waals surface area contributed by atoms with Crippen molar-refractivity contribution in [3.05, 3.63) is 11.8 Å². The van der Waals surface area contributed by atoms with E-state index >= 15 is 0 Å². The molecule has 0 bridgehead atoms. The third-order valence-corrected chi connectivity index (χ3v) is 1.91. The molecule has 0 aliphatic carbocycles. The summed E-state index contributed by atoms with van der Waals surface area (Å²) >= 11 is 0. The summed E-state index contributed by atoms with van der Waals surface area (Å²) in [5.41, 5.74) is 6.31. The summed E-state index contributed by atoms with van der Waals surface area (Å²) in [6.45, 7) is 0. The first-order valence-electron chi connectivity index (χ1n) is 3.63. The highest BCUT2D eigenvalue weighted by Crippen LogP contribution is 2.22. The number of hydrogen-bond donors (Lipinski definition) is 1. The number of rotatable bonds is 1. The van der Waals surface area contributed by atoms with Crippen molar-refractivity contribution < 1.29 is 4.79 Å². The molecule has 2 N–H and O–H groups in total. The van der Waals surface area contributed by atoms with E-state index in [2.05, 4.69) is 10.1 Å². The number of carbonyl (C=O) groups is 1. The molecule has 0 amide bonds. The van der Waals surface area contributed by atoms with Gasteiger partial charge in [0, 0.05) is 0 Å². The fourth-order valence-corrected chi connectivity index (χ4v) is 1.30. The first-order chi connectivity index (χ1) is 5.83. The monoisotopic (exact) mass is 164 g/mol. The lowest BCUT2D eigenvalue weighted by Crippen LogP contribution is -2.34. The highest BCUT2D eigenvalue weighted by Gasteiger charge is 2.28. The van der Waals surface area contributed by atoms with Crippen LogP contribution in [0.5, 0.6) is 0 Å². The van der Waals surface area contributed by atoms with Crippen LogP contribution < -0.4 is 5.73 Å². The van der Waals surface area contributed by atoms with E-state index in [9.17, 15) is 4.79 Å². The predicted octanol–water partition coefficient (Wildman–Crippen LogP) is -0.542. The van der Waals surface area contributed by atoms with E-state index in [-0.39, 0.29) is 6.04 Å². The Hall–Kier alpha value is -1.65. The fourth-order valence-electron chi connectivity index (χ4n) is 1.30. The zero-order valence-corrected chi connectivity index (χ0v) is 6.34. The standard InChI is InChI=1S/C7H8N4O/c8-7-6-2-1-5(3-12)11(6)10-4-9-7/h2-5H,1H2,(H2,8,9,10). The van der Waals surface area contributed by atoms with E-state index in [1.807, 2.05) is 6.08 Å². The highest BCUT2D eigenvalue weighted by atomic mass is 16.1. The van der Waals surface area contributed by atoms with Crippen molar-refractivity contribution in [2.24, 2.45) is 15.8 Å². The molecule has 2 aliphatic rings. The topological polar surface area (TPSA) is 71.0 Å². The molecule has 0 aromatic carbocycles. The number of carbonyl (C=O) groups excluding carboxylic acids is 1. The van der Waals surface area contributed by atoms with Crippen LogP contribution in [-0.2, 0) is 4.79 Å². The van der Waals surface area contributed by atoms with E-state index in [1.165, 1.54) is 6.34 Å². The molecule has 0 aromatic heterocycles. The van der Waals surface area contributed by atoms with Gasteiger partial charge < -0.3 is 10.5 Å². The van der Waals surface area contributed by atoms with Crippen molar-refractivity contribution in [3.63, 3.8) is 0 Å². The normalized spacial score (nSPS) is 26.3. The Kier molecular flexibility index (Phi) is 1.43. The van der Waals surface area contributed by atoms with Gasteiger partial charge in [0.15, 0.2) is 5.84 Å². The second-order valence-electron chi connectivity index (χ2n) is 2.62. The molecular weight excluding hydrogens is 156 g/mol. The summed E-state index contributed by atoms with van der Waals surface area (Å²) in [7, 11) is 0. The van der Waals surface area contributed by atoms with Crippen molar-refractivity contribution in [1.29, 1.82) is 0 Å². The van der Waals surface area contributed by atoms with Gasteiger partial charge in [0.2, 0.25) is 0 Å². The Balaban J connectivity index is 2.32. The molecule has 1 unspecified atom stereocenters. The van der Waals surface area contributed by atoms with E-state index in [4.69, 9.17) is 5.73 Å². The van der Waals surface area contributed by atoms with Crippen LogP contribution >= 0.6 is 0 Å². The number of hydrazone groups is 1. The van der Waals surface area contributed by atoms with Crippen LogP contribution in [0.1, 0.15) is 6.42 Å². The second kappa shape index (κ2) is 2.44. The van der Waals surface area contributed by atoms with E-state index in [0.29, 0.717) is 12.3 Å². The molecule has 0 spiro atoms. The molecule has 12 heavy (non-hydrogen) atoms. The summed E-state index contributed by atoms with van der Waals surface area (Å²) in [4.78, 5) is 14.4. The van der Waals surface area contributed by atoms with Crippen molar-refractivity contribution >= 4 is 18.5 Å². The summed E-state index contributed by atoms with van der Waals surface area (Å²) in [6, 6.07) is -0.203. The molecule has 1 atom stereocenters. The number of amidine groups is 1. The maximum atomic E-state index is 10.5. The van der Waals surface area contributed by atoms with Gasteiger partial charge in [0.05, 0.1) is 5.70 Å². The third-order valence-electron chi connectivity index (χ3n) is 1.91. The smallest absolute Gasteiger partial charge is 0.150 e. The number of nitrogens with zero attached hydrogens (tertiary/aromatic N) is 3. The van der Waals surface area contributed by atoms with Crippen LogP contribution in [0.3, 0.4) is 0 Å². The Morgan fingerprint density at radius 3 is 3.33 bits per heavy atom. The van der Waals surface area contributed by atoms with Crippen molar-refractivity contribution in [1.82, 2.24) is 5.01 Å². The van der Waals surface area contributed by atoms with Gasteiger partial charge >= 0.3 is 0 Å². The Morgan fingerprint density at radius 1 is 1.75 bits per heavy atom. The SMILES string of the molecule is NC1=NC=NN2C1=CCC2C=O. The molecule has 2 heterocycles. The Morgan fingerprint density at radius 2 is 2.58 bits per heavy atom. The largest absolute Gasteiger partial charge is 0.382 e. The molecule has 5 nitrogen and oxygen atoms in total. The van der Waals surface area contributed by atoms with Crippen molar-refractivity contribution in [2.75, 3.05) is 0 Å². The van der Waals surface area contributed by atoms with Gasteiger partial charge in [0.1, 0.15) is 18.7 Å². The van der Waals surface area contributed by atoms with E-state index in [0.717, 1.165) is 12.0 Å². The minimum Gasteiger partial charge on any atom is -0.382 e. The average molecular weight is 164 g/mol. The van der Waals surface area contributed by atoms with Gasteiger partial charge in [-0.3, -0.25) is 5.01 Å². The molecule has 0 saturated heterocycles. The van der Waals surface area contributed by atoms with Crippen LogP contribution in [0.2, 0.25) is 0 Å². The lowest BCUT2D eigenvalue weighted by Gasteiger charge is -2.21. The number of hydrogen-bond acceptors (Lipinski definition) is 5. The maximum absolute atomic E-state index is 10.5. The van der Waals surface area contributed by atoms with Crippen LogP contribution in [0.25, 0.3) is 0 Å². The van der Waals surface area contributed by atoms with Crippen LogP contribution in [0, 0.1) is 0 Å². The quantitative estimate of drug-likeness (QED) is 0.529. The first kappa shape index (κ1) is 7.02. The number of nitrogens with two attached hydrogens (primary N) is 1. The molecule has 0 aromatic rings. The third kappa shape index (κ3) is 0.827. The minimum atomic E-state index is -0.203. The fraction of sp³-hybridized carbons (Fsp3) is 0.286. The molecule has 0 fully saturated rings. The van der Waals surface area contributed by atoms with E-state index < -0.39 is 0 Å². The number of fused-ring (bicyclic) bond motifs is 1. The van der Waals surface area contributed by atoms with Crippen LogP contribution in [-0.4, -0.2) is 29.5 Å². The minimum absolute atomic E-state index is 0.203. The zero-order valence-electron chi connectivity index (χ0n) is 6.34. The predicted molar refractivity (Wildman–Crippen MR) is 44.5 cm³/mol. The van der Waals surface area contributed by atoms with Crippen LogP contribution in [0.4, 0.5) is 0 Å². The van der Waals surface area contributed by atoms with Gasteiger partial charge in [-0.1, -0.05) is 6.08 Å². The maximum Gasteiger partial charge on any atom is 0.150 e. The van der Waals surface area contributed by atoms with Gasteiger partial charge in [-0.25, -0.2) is 4.99 Å². The summed E-state index contributed by atoms with van der Waals surface area (Å²) < 4.78 is 0. The Bertz CT molecular complexity index is 305. The summed E-state index contributed by atoms with van der Waals surface area (Å²) in [6.07, 6.45) is 4.74. The van der Waals surface area contributed by atoms with Crippen molar-refractivity contribution in [2.45, 2.75) is 12.5 Å². The van der Waals surface area contributed by atoms with Crippen molar-refractivity contribution in [3.8, 4) is 0 Å². The first-order valence-corrected chi connectivity index (χ1v) is 3.63. The molecule has 62 valence electrons. The van der Waals surface area contributed by atoms with Gasteiger partial charge in [-0.05, 0) is 6.42 Å². The molecule has 0 radical (unpaired) electrons. The zero-order chi connectivity index (χ0) is 8.55. The average Bonchev–Trinajstić information content (AvgIpc) is 2.49. The highest BCUT2D eigenvalue weighted by molar-refractivity contribution is 6.02. The number of aliphatic imine (C=N–C) groups is 1. The van der Waals surface area contributed by atoms with Crippen LogP contribution in [0.15, 0.2) is 21.9 Å². The Labute approximate surface area is 69.2 Å². The molecule has 2 aliphatic heterocycles. The molecule has 2 rings (SSSR count). The lowest BCUT2D eigenvalue weighted by molar-refractivity contribution is -0.111. The summed E-state index contributed by atoms with van der Waals surface area (Å²) in [5.74, 6) is 0.425.